The van der Waals surface area contributed by atoms with Crippen molar-refractivity contribution < 1.29 is 9.90 Å². The molecular weight excluding hydrogens is 210 g/mol. The Hall–Kier alpha value is -1.00. The average Bonchev–Trinajstić information content (AvgIpc) is 2.28. The highest BCUT2D eigenvalue weighted by atomic mass is 32.2. The van der Waals surface area contributed by atoms with Crippen LogP contribution in [0.4, 0.5) is 0 Å². The van der Waals surface area contributed by atoms with E-state index in [1.807, 2.05) is 24.3 Å². The molecule has 1 unspecified atom stereocenters. The molecule has 1 amide bonds. The van der Waals surface area contributed by atoms with Gasteiger partial charge in [-0.2, -0.15) is 0 Å². The van der Waals surface area contributed by atoms with E-state index in [-0.39, 0.29) is 12.6 Å². The van der Waals surface area contributed by atoms with E-state index >= 15 is 0 Å². The van der Waals surface area contributed by atoms with Gasteiger partial charge in [-0.15, -0.1) is 11.8 Å². The smallest absolute Gasteiger partial charge is 0.207 e. The lowest BCUT2D eigenvalue weighted by molar-refractivity contribution is -0.110. The van der Waals surface area contributed by atoms with Gasteiger partial charge in [0, 0.05) is 4.90 Å². The molecule has 0 aliphatic heterocycles. The Morgan fingerprint density at radius 2 is 2.13 bits per heavy atom. The molecular formula is C11H15NO2S. The number of hydrogen-bond donors (Lipinski definition) is 2. The maximum Gasteiger partial charge on any atom is 0.207 e. The molecule has 2 N–H and O–H groups in total. The van der Waals surface area contributed by atoms with Crippen LogP contribution in [-0.2, 0) is 4.79 Å². The Labute approximate surface area is 93.9 Å². The molecule has 1 atom stereocenters. The first kappa shape index (κ1) is 12.1. The third kappa shape index (κ3) is 3.57. The van der Waals surface area contributed by atoms with Crippen LogP contribution in [0.5, 0.6) is 0 Å². The molecule has 82 valence electrons. The minimum absolute atomic E-state index is 0.0843. The first-order valence-electron chi connectivity index (χ1n) is 4.85. The first-order valence-corrected chi connectivity index (χ1v) is 5.83. The molecule has 0 radical (unpaired) electrons. The van der Waals surface area contributed by atoms with E-state index < -0.39 is 0 Å². The van der Waals surface area contributed by atoms with E-state index in [1.54, 1.807) is 11.8 Å². The third-order valence-corrected chi connectivity index (χ3v) is 2.94. The van der Waals surface area contributed by atoms with Gasteiger partial charge in [0.25, 0.3) is 0 Å². The number of amides is 1. The fourth-order valence-electron chi connectivity index (χ4n) is 1.30. The summed E-state index contributed by atoms with van der Waals surface area (Å²) in [6.45, 7) is 2.02. The molecule has 0 heterocycles. The topological polar surface area (TPSA) is 49.3 Å². The minimum atomic E-state index is -0.303. The zero-order valence-electron chi connectivity index (χ0n) is 8.64. The number of thioether (sulfide) groups is 1. The molecule has 0 aromatic heterocycles. The molecule has 0 fully saturated rings. The molecule has 3 nitrogen and oxygen atoms in total. The second kappa shape index (κ2) is 6.48. The summed E-state index contributed by atoms with van der Waals surface area (Å²) in [5, 5.41) is 11.6. The van der Waals surface area contributed by atoms with Gasteiger partial charge >= 0.3 is 0 Å². The van der Waals surface area contributed by atoms with E-state index in [1.165, 1.54) is 4.90 Å². The van der Waals surface area contributed by atoms with Gasteiger partial charge in [0.05, 0.1) is 12.6 Å². The highest BCUT2D eigenvalue weighted by Gasteiger charge is 2.07. The number of nitrogens with one attached hydrogen (secondary N) is 1. The van der Waals surface area contributed by atoms with Crippen molar-refractivity contribution in [2.45, 2.75) is 17.9 Å². The SMILES string of the molecule is CCSc1ccc(C(CO)NC=O)cc1. The van der Waals surface area contributed by atoms with E-state index in [4.69, 9.17) is 5.11 Å². The first-order chi connectivity index (χ1) is 7.31. The number of aliphatic hydroxyl groups is 1. The van der Waals surface area contributed by atoms with Crippen molar-refractivity contribution in [2.75, 3.05) is 12.4 Å². The largest absolute Gasteiger partial charge is 0.394 e. The molecule has 1 aromatic carbocycles. The minimum Gasteiger partial charge on any atom is -0.394 e. The van der Waals surface area contributed by atoms with Crippen LogP contribution in [0.15, 0.2) is 29.2 Å². The quantitative estimate of drug-likeness (QED) is 0.571. The number of carbonyl (C=O) groups excluding carboxylic acids is 1. The van der Waals surface area contributed by atoms with Crippen molar-refractivity contribution >= 4 is 18.2 Å². The molecule has 1 aromatic rings. The van der Waals surface area contributed by atoms with Crippen LogP contribution in [0.1, 0.15) is 18.5 Å². The summed E-state index contributed by atoms with van der Waals surface area (Å²) < 4.78 is 0. The van der Waals surface area contributed by atoms with E-state index in [2.05, 4.69) is 12.2 Å². The van der Waals surface area contributed by atoms with Crippen LogP contribution >= 0.6 is 11.8 Å². The zero-order valence-corrected chi connectivity index (χ0v) is 9.46. The maximum absolute atomic E-state index is 10.3. The van der Waals surface area contributed by atoms with Crippen LogP contribution in [-0.4, -0.2) is 23.9 Å². The Morgan fingerprint density at radius 3 is 2.60 bits per heavy atom. The van der Waals surface area contributed by atoms with E-state index in [0.29, 0.717) is 6.41 Å². The predicted octanol–water partition coefficient (Wildman–Crippen LogP) is 1.58. The van der Waals surface area contributed by atoms with Gasteiger partial charge in [0.2, 0.25) is 6.41 Å². The normalized spacial score (nSPS) is 12.1. The second-order valence-electron chi connectivity index (χ2n) is 3.02. The van der Waals surface area contributed by atoms with Gasteiger partial charge in [-0.3, -0.25) is 4.79 Å². The summed E-state index contributed by atoms with van der Waals surface area (Å²) in [5.41, 5.74) is 0.921. The van der Waals surface area contributed by atoms with Crippen LogP contribution in [0.25, 0.3) is 0 Å². The average molecular weight is 225 g/mol. The van der Waals surface area contributed by atoms with Crippen LogP contribution in [0.2, 0.25) is 0 Å². The lowest BCUT2D eigenvalue weighted by Crippen LogP contribution is -2.22. The van der Waals surface area contributed by atoms with Gasteiger partial charge in [-0.05, 0) is 23.4 Å². The lowest BCUT2D eigenvalue weighted by atomic mass is 10.1. The van der Waals surface area contributed by atoms with Gasteiger partial charge in [0.1, 0.15) is 0 Å². The monoisotopic (exact) mass is 225 g/mol. The van der Waals surface area contributed by atoms with Crippen LogP contribution in [0, 0.1) is 0 Å². The summed E-state index contributed by atoms with van der Waals surface area (Å²) in [6.07, 6.45) is 0.607. The van der Waals surface area contributed by atoms with Gasteiger partial charge in [-0.25, -0.2) is 0 Å². The van der Waals surface area contributed by atoms with Crippen LogP contribution < -0.4 is 5.32 Å². The fourth-order valence-corrected chi connectivity index (χ4v) is 1.96. The van der Waals surface area contributed by atoms with E-state index in [0.717, 1.165) is 11.3 Å². The fraction of sp³-hybridized carbons (Fsp3) is 0.364. The molecule has 0 spiro atoms. The number of carbonyl (C=O) groups is 1. The van der Waals surface area contributed by atoms with Crippen molar-refractivity contribution in [1.29, 1.82) is 0 Å². The summed E-state index contributed by atoms with van der Waals surface area (Å²) in [5.74, 6) is 1.04. The molecule has 15 heavy (non-hydrogen) atoms. The lowest BCUT2D eigenvalue weighted by Gasteiger charge is -2.13. The van der Waals surface area contributed by atoms with Crippen LogP contribution in [0.3, 0.4) is 0 Å². The second-order valence-corrected chi connectivity index (χ2v) is 4.36. The molecule has 0 saturated carbocycles. The highest BCUT2D eigenvalue weighted by molar-refractivity contribution is 7.99. The number of benzene rings is 1. The van der Waals surface area contributed by atoms with Gasteiger partial charge in [0.15, 0.2) is 0 Å². The Balaban J connectivity index is 2.72. The molecule has 0 bridgehead atoms. The number of aliphatic hydroxyl groups excluding tert-OH is 1. The Kier molecular flexibility index (Phi) is 5.21. The zero-order chi connectivity index (χ0) is 11.1. The maximum atomic E-state index is 10.3. The molecule has 0 aliphatic rings. The number of rotatable bonds is 6. The summed E-state index contributed by atoms with van der Waals surface area (Å²) in [4.78, 5) is 11.5. The van der Waals surface area contributed by atoms with Crippen molar-refractivity contribution in [3.63, 3.8) is 0 Å². The van der Waals surface area contributed by atoms with Gasteiger partial charge in [-0.1, -0.05) is 19.1 Å². The number of hydrogen-bond acceptors (Lipinski definition) is 3. The van der Waals surface area contributed by atoms with Crippen molar-refractivity contribution in [1.82, 2.24) is 5.32 Å². The summed E-state index contributed by atoms with van der Waals surface area (Å²) >= 11 is 1.76. The molecule has 0 aliphatic carbocycles. The molecule has 1 rings (SSSR count). The van der Waals surface area contributed by atoms with Crippen molar-refractivity contribution in [3.8, 4) is 0 Å². The summed E-state index contributed by atoms with van der Waals surface area (Å²) in [7, 11) is 0. The predicted molar refractivity (Wildman–Crippen MR) is 61.9 cm³/mol. The summed E-state index contributed by atoms with van der Waals surface area (Å²) in [6, 6.07) is 7.55. The molecule has 4 heteroatoms. The highest BCUT2D eigenvalue weighted by Crippen LogP contribution is 2.20. The Morgan fingerprint density at radius 1 is 1.47 bits per heavy atom. The Bertz CT molecular complexity index is 300. The van der Waals surface area contributed by atoms with E-state index in [9.17, 15) is 4.79 Å². The van der Waals surface area contributed by atoms with Crippen molar-refractivity contribution in [3.05, 3.63) is 29.8 Å². The third-order valence-electron chi connectivity index (χ3n) is 2.05. The van der Waals surface area contributed by atoms with Crippen molar-refractivity contribution in [2.24, 2.45) is 0 Å². The molecule has 0 saturated heterocycles. The standard InChI is InChI=1S/C11H15NO2S/c1-2-15-10-5-3-9(4-6-10)11(7-13)12-8-14/h3-6,8,11,13H,2,7H2,1H3,(H,12,14). The van der Waals surface area contributed by atoms with Gasteiger partial charge < -0.3 is 10.4 Å².